The number of benzene rings is 1. The van der Waals surface area contributed by atoms with Crippen LogP contribution in [0.5, 0.6) is 11.5 Å². The van der Waals surface area contributed by atoms with E-state index in [0.29, 0.717) is 0 Å². The van der Waals surface area contributed by atoms with Crippen LogP contribution in [0.15, 0.2) is 18.2 Å². The molecule has 0 saturated carbocycles. The molecule has 4 N–H and O–H groups in total. The highest BCUT2D eigenvalue weighted by molar-refractivity contribution is 5.66. The van der Waals surface area contributed by atoms with Gasteiger partial charge < -0.3 is 20.4 Å². The minimum Gasteiger partial charge on any atom is -0.508 e. The van der Waals surface area contributed by atoms with Gasteiger partial charge in [-0.25, -0.2) is 0 Å². The maximum Gasteiger partial charge on any atom is 0.303 e. The van der Waals surface area contributed by atoms with E-state index in [1.807, 2.05) is 0 Å². The molecule has 0 spiro atoms. The maximum absolute atomic E-state index is 10.4. The summed E-state index contributed by atoms with van der Waals surface area (Å²) in [4.78, 5) is 10.4. The number of hydrogen-bond acceptors (Lipinski definition) is 4. The van der Waals surface area contributed by atoms with Crippen LogP contribution in [0.1, 0.15) is 25.3 Å². The van der Waals surface area contributed by atoms with Crippen LogP contribution in [-0.2, 0) is 10.4 Å². The monoisotopic (exact) mass is 226 g/mol. The van der Waals surface area contributed by atoms with Gasteiger partial charge in [0, 0.05) is 12.5 Å². The molecule has 0 aliphatic heterocycles. The van der Waals surface area contributed by atoms with Gasteiger partial charge in [0.05, 0.1) is 5.60 Å². The summed E-state index contributed by atoms with van der Waals surface area (Å²) in [6.07, 6.45) is -0.186. The van der Waals surface area contributed by atoms with Crippen LogP contribution < -0.4 is 0 Å². The number of phenolic OH excluding ortho intramolecular Hbond substituents is 2. The Morgan fingerprint density at radius 2 is 1.75 bits per heavy atom. The van der Waals surface area contributed by atoms with E-state index in [1.54, 1.807) is 0 Å². The van der Waals surface area contributed by atoms with Gasteiger partial charge in [0.25, 0.3) is 0 Å². The molecule has 1 aromatic carbocycles. The molecule has 0 amide bonds. The van der Waals surface area contributed by atoms with E-state index in [0.717, 1.165) is 6.07 Å². The van der Waals surface area contributed by atoms with Gasteiger partial charge in [0.1, 0.15) is 11.5 Å². The zero-order valence-corrected chi connectivity index (χ0v) is 8.84. The molecule has 1 aromatic rings. The minimum absolute atomic E-state index is 0.00519. The van der Waals surface area contributed by atoms with Gasteiger partial charge in [0.15, 0.2) is 0 Å². The first-order chi connectivity index (χ1) is 7.31. The molecule has 0 aromatic heterocycles. The van der Waals surface area contributed by atoms with Crippen LogP contribution in [0.3, 0.4) is 0 Å². The van der Waals surface area contributed by atoms with Crippen LogP contribution in [0.4, 0.5) is 0 Å². The van der Waals surface area contributed by atoms with Crippen LogP contribution in [0, 0.1) is 0 Å². The van der Waals surface area contributed by atoms with Gasteiger partial charge in [-0.15, -0.1) is 0 Å². The summed E-state index contributed by atoms with van der Waals surface area (Å²) >= 11 is 0. The molecule has 1 rings (SSSR count). The predicted molar refractivity (Wildman–Crippen MR) is 56.2 cm³/mol. The van der Waals surface area contributed by atoms with Crippen molar-refractivity contribution in [3.05, 3.63) is 23.8 Å². The summed E-state index contributed by atoms with van der Waals surface area (Å²) in [5.74, 6) is -1.36. The molecule has 88 valence electrons. The number of carbonyl (C=O) groups is 1. The fourth-order valence-electron chi connectivity index (χ4n) is 1.40. The Labute approximate surface area is 92.6 Å². The van der Waals surface area contributed by atoms with E-state index in [-0.39, 0.29) is 29.9 Å². The molecule has 0 bridgehead atoms. The average Bonchev–Trinajstić information content (AvgIpc) is 2.13. The highest BCUT2D eigenvalue weighted by atomic mass is 16.4. The summed E-state index contributed by atoms with van der Waals surface area (Å²) in [6, 6.07) is 3.72. The molecule has 0 aliphatic carbocycles. The van der Waals surface area contributed by atoms with E-state index < -0.39 is 11.6 Å². The van der Waals surface area contributed by atoms with Crippen LogP contribution in [0.2, 0.25) is 0 Å². The van der Waals surface area contributed by atoms with Crippen molar-refractivity contribution in [1.29, 1.82) is 0 Å². The second-order valence-electron chi connectivity index (χ2n) is 3.91. The third kappa shape index (κ3) is 3.13. The molecule has 1 unspecified atom stereocenters. The zero-order valence-electron chi connectivity index (χ0n) is 8.84. The summed E-state index contributed by atoms with van der Waals surface area (Å²) in [5, 5.41) is 37.0. The SMILES string of the molecule is CC(O)(CCC(=O)O)c1cc(O)cc(O)c1. The fraction of sp³-hybridized carbons (Fsp3) is 0.364. The number of carboxylic acids is 1. The van der Waals surface area contributed by atoms with E-state index in [2.05, 4.69) is 0 Å². The lowest BCUT2D eigenvalue weighted by molar-refractivity contribution is -0.138. The van der Waals surface area contributed by atoms with Crippen LogP contribution in [-0.4, -0.2) is 26.4 Å². The average molecular weight is 226 g/mol. The largest absolute Gasteiger partial charge is 0.508 e. The standard InChI is InChI=1S/C11H14O5/c1-11(16,3-2-10(14)15)7-4-8(12)6-9(13)5-7/h4-6,12-13,16H,2-3H2,1H3,(H,14,15). The second-order valence-corrected chi connectivity index (χ2v) is 3.91. The summed E-state index contributed by atoms with van der Waals surface area (Å²) in [7, 11) is 0. The normalized spacial score (nSPS) is 14.4. The van der Waals surface area contributed by atoms with Gasteiger partial charge >= 0.3 is 5.97 Å². The van der Waals surface area contributed by atoms with Crippen molar-refractivity contribution in [3.8, 4) is 11.5 Å². The Hall–Kier alpha value is -1.75. The quantitative estimate of drug-likeness (QED) is 0.617. The van der Waals surface area contributed by atoms with Gasteiger partial charge in [0.2, 0.25) is 0 Å². The predicted octanol–water partition coefficient (Wildman–Crippen LogP) is 1.17. The van der Waals surface area contributed by atoms with E-state index in [1.165, 1.54) is 19.1 Å². The Bertz CT molecular complexity index is 377. The Morgan fingerprint density at radius 1 is 1.25 bits per heavy atom. The summed E-state index contributed by atoms with van der Waals surface area (Å²) in [6.45, 7) is 1.43. The lowest BCUT2D eigenvalue weighted by atomic mass is 9.91. The summed E-state index contributed by atoms with van der Waals surface area (Å²) < 4.78 is 0. The molecule has 5 heteroatoms. The number of aliphatic hydroxyl groups is 1. The maximum atomic E-state index is 10.4. The first kappa shape index (κ1) is 12.3. The van der Waals surface area contributed by atoms with Gasteiger partial charge in [-0.05, 0) is 31.0 Å². The van der Waals surface area contributed by atoms with Crippen LogP contribution >= 0.6 is 0 Å². The molecule has 0 saturated heterocycles. The van der Waals surface area contributed by atoms with Gasteiger partial charge in [-0.1, -0.05) is 0 Å². The lowest BCUT2D eigenvalue weighted by Gasteiger charge is -2.23. The van der Waals surface area contributed by atoms with Gasteiger partial charge in [-0.2, -0.15) is 0 Å². The van der Waals surface area contributed by atoms with E-state index in [9.17, 15) is 20.1 Å². The van der Waals surface area contributed by atoms with Crippen molar-refractivity contribution in [2.24, 2.45) is 0 Å². The Balaban J connectivity index is 2.92. The topological polar surface area (TPSA) is 98.0 Å². The molecule has 0 heterocycles. The van der Waals surface area contributed by atoms with Crippen LogP contribution in [0.25, 0.3) is 0 Å². The van der Waals surface area contributed by atoms with Crippen molar-refractivity contribution in [3.63, 3.8) is 0 Å². The Kier molecular flexibility index (Phi) is 3.39. The lowest BCUT2D eigenvalue weighted by Crippen LogP contribution is -2.22. The molecule has 0 aliphatic rings. The second kappa shape index (κ2) is 4.40. The van der Waals surface area contributed by atoms with Crippen molar-refractivity contribution in [2.75, 3.05) is 0 Å². The highest BCUT2D eigenvalue weighted by Gasteiger charge is 2.25. The first-order valence-corrected chi connectivity index (χ1v) is 4.79. The number of rotatable bonds is 4. The minimum atomic E-state index is -1.39. The van der Waals surface area contributed by atoms with Crippen molar-refractivity contribution < 1.29 is 25.2 Å². The smallest absolute Gasteiger partial charge is 0.303 e. The molecule has 0 radical (unpaired) electrons. The first-order valence-electron chi connectivity index (χ1n) is 4.79. The summed E-state index contributed by atoms with van der Waals surface area (Å²) in [5.41, 5.74) is -1.11. The zero-order chi connectivity index (χ0) is 12.3. The van der Waals surface area contributed by atoms with Crippen molar-refractivity contribution in [1.82, 2.24) is 0 Å². The molecule has 16 heavy (non-hydrogen) atoms. The molecular weight excluding hydrogens is 212 g/mol. The van der Waals surface area contributed by atoms with Crippen molar-refractivity contribution >= 4 is 5.97 Å². The Morgan fingerprint density at radius 3 is 2.19 bits per heavy atom. The number of aromatic hydroxyl groups is 2. The molecule has 5 nitrogen and oxygen atoms in total. The highest BCUT2D eigenvalue weighted by Crippen LogP contribution is 2.31. The third-order valence-corrected chi connectivity index (χ3v) is 2.35. The van der Waals surface area contributed by atoms with Gasteiger partial charge in [-0.3, -0.25) is 4.79 Å². The van der Waals surface area contributed by atoms with E-state index >= 15 is 0 Å². The fourth-order valence-corrected chi connectivity index (χ4v) is 1.40. The molecule has 0 fully saturated rings. The number of hydrogen-bond donors (Lipinski definition) is 4. The third-order valence-electron chi connectivity index (χ3n) is 2.35. The van der Waals surface area contributed by atoms with E-state index in [4.69, 9.17) is 5.11 Å². The number of aliphatic carboxylic acids is 1. The molecule has 1 atom stereocenters. The number of phenols is 2. The van der Waals surface area contributed by atoms with Crippen molar-refractivity contribution in [2.45, 2.75) is 25.4 Å². The number of carboxylic acid groups (broad SMARTS) is 1. The molecular formula is C11H14O5.